The Kier molecular flexibility index (Phi) is 2.95. The van der Waals surface area contributed by atoms with E-state index in [1.54, 1.807) is 0 Å². The van der Waals surface area contributed by atoms with E-state index in [0.717, 1.165) is 17.9 Å². The second-order valence-electron chi connectivity index (χ2n) is 4.80. The van der Waals surface area contributed by atoms with E-state index in [2.05, 4.69) is 47.3 Å². The first-order valence-electron chi connectivity index (χ1n) is 6.47. The Hall–Kier alpha value is -2.29. The average Bonchev–Trinajstić information content (AvgIpc) is 2.74. The van der Waals surface area contributed by atoms with Crippen molar-refractivity contribution >= 4 is 16.7 Å². The van der Waals surface area contributed by atoms with Crippen molar-refractivity contribution in [1.82, 2.24) is 9.97 Å². The largest absolute Gasteiger partial charge is 0.364 e. The van der Waals surface area contributed by atoms with Gasteiger partial charge in [0.1, 0.15) is 0 Å². The third-order valence-corrected chi connectivity index (χ3v) is 3.53. The molecule has 2 N–H and O–H groups in total. The SMILES string of the molecule is Cc1[nH]c2c(NCc3ccccc3)nccc2c1C. The summed E-state index contributed by atoms with van der Waals surface area (Å²) in [4.78, 5) is 7.84. The van der Waals surface area contributed by atoms with Crippen LogP contribution in [0.15, 0.2) is 42.6 Å². The predicted octanol–water partition coefficient (Wildman–Crippen LogP) is 3.79. The van der Waals surface area contributed by atoms with E-state index in [9.17, 15) is 0 Å². The van der Waals surface area contributed by atoms with Crippen molar-refractivity contribution in [3.8, 4) is 0 Å². The molecule has 0 unspecified atom stereocenters. The number of hydrogen-bond donors (Lipinski definition) is 2. The number of aromatic nitrogens is 2. The fraction of sp³-hybridized carbons (Fsp3) is 0.188. The highest BCUT2D eigenvalue weighted by Crippen LogP contribution is 2.25. The number of aromatic amines is 1. The minimum absolute atomic E-state index is 0.782. The van der Waals surface area contributed by atoms with Crippen LogP contribution in [0.2, 0.25) is 0 Å². The summed E-state index contributed by atoms with van der Waals surface area (Å²) in [5, 5.41) is 4.64. The second-order valence-corrected chi connectivity index (χ2v) is 4.80. The van der Waals surface area contributed by atoms with Gasteiger partial charge in [-0.25, -0.2) is 4.98 Å². The molecule has 0 radical (unpaired) electrons. The standard InChI is InChI=1S/C16H17N3/c1-11-12(2)19-15-14(11)8-9-17-16(15)18-10-13-6-4-3-5-7-13/h3-9,19H,10H2,1-2H3,(H,17,18). The zero-order chi connectivity index (χ0) is 13.2. The van der Waals surface area contributed by atoms with E-state index in [-0.39, 0.29) is 0 Å². The summed E-state index contributed by atoms with van der Waals surface area (Å²) in [6.45, 7) is 5.01. The summed E-state index contributed by atoms with van der Waals surface area (Å²) < 4.78 is 0. The van der Waals surface area contributed by atoms with Gasteiger partial charge in [-0.05, 0) is 31.0 Å². The van der Waals surface area contributed by atoms with Gasteiger partial charge in [0, 0.05) is 23.8 Å². The number of benzene rings is 1. The number of hydrogen-bond acceptors (Lipinski definition) is 2. The van der Waals surface area contributed by atoms with Gasteiger partial charge in [-0.3, -0.25) is 0 Å². The fourth-order valence-corrected chi connectivity index (χ4v) is 2.30. The van der Waals surface area contributed by atoms with Crippen LogP contribution in [-0.2, 0) is 6.54 Å². The molecule has 0 saturated carbocycles. The highest BCUT2D eigenvalue weighted by Gasteiger charge is 2.08. The number of fused-ring (bicyclic) bond motifs is 1. The maximum absolute atomic E-state index is 4.43. The van der Waals surface area contributed by atoms with E-state index in [0.29, 0.717) is 0 Å². The summed E-state index contributed by atoms with van der Waals surface area (Å²) >= 11 is 0. The number of H-pyrrole nitrogens is 1. The third-order valence-electron chi connectivity index (χ3n) is 3.53. The lowest BCUT2D eigenvalue weighted by atomic mass is 10.2. The van der Waals surface area contributed by atoms with Crippen molar-refractivity contribution in [2.45, 2.75) is 20.4 Å². The lowest BCUT2D eigenvalue weighted by molar-refractivity contribution is 1.11. The normalized spacial score (nSPS) is 10.8. The predicted molar refractivity (Wildman–Crippen MR) is 79.3 cm³/mol. The van der Waals surface area contributed by atoms with Gasteiger partial charge in [-0.2, -0.15) is 0 Å². The molecule has 19 heavy (non-hydrogen) atoms. The zero-order valence-electron chi connectivity index (χ0n) is 11.2. The van der Waals surface area contributed by atoms with Gasteiger partial charge in [0.2, 0.25) is 0 Å². The highest BCUT2D eigenvalue weighted by molar-refractivity contribution is 5.92. The van der Waals surface area contributed by atoms with Crippen molar-refractivity contribution in [3.05, 3.63) is 59.4 Å². The summed E-state index contributed by atoms with van der Waals surface area (Å²) in [7, 11) is 0. The maximum Gasteiger partial charge on any atom is 0.150 e. The number of rotatable bonds is 3. The van der Waals surface area contributed by atoms with Crippen LogP contribution in [0, 0.1) is 13.8 Å². The quantitative estimate of drug-likeness (QED) is 0.743. The molecule has 1 aromatic carbocycles. The molecule has 0 saturated heterocycles. The van der Waals surface area contributed by atoms with Gasteiger partial charge in [0.15, 0.2) is 5.82 Å². The first-order chi connectivity index (χ1) is 9.25. The lowest BCUT2D eigenvalue weighted by Gasteiger charge is -2.06. The molecule has 0 aliphatic rings. The van der Waals surface area contributed by atoms with Gasteiger partial charge < -0.3 is 10.3 Å². The number of nitrogens with one attached hydrogen (secondary N) is 2. The van der Waals surface area contributed by atoms with Crippen molar-refractivity contribution in [2.24, 2.45) is 0 Å². The topological polar surface area (TPSA) is 40.7 Å². The Morgan fingerprint density at radius 3 is 2.68 bits per heavy atom. The van der Waals surface area contributed by atoms with Crippen LogP contribution in [0.1, 0.15) is 16.8 Å². The molecule has 0 fully saturated rings. The Labute approximate surface area is 112 Å². The first-order valence-corrected chi connectivity index (χ1v) is 6.47. The average molecular weight is 251 g/mol. The number of aryl methyl sites for hydroxylation is 2. The van der Waals surface area contributed by atoms with Crippen LogP contribution in [0.25, 0.3) is 10.9 Å². The maximum atomic E-state index is 4.43. The molecule has 3 aromatic rings. The van der Waals surface area contributed by atoms with Crippen molar-refractivity contribution in [1.29, 1.82) is 0 Å². The van der Waals surface area contributed by atoms with Gasteiger partial charge in [-0.15, -0.1) is 0 Å². The van der Waals surface area contributed by atoms with Gasteiger partial charge >= 0.3 is 0 Å². The van der Waals surface area contributed by atoms with Crippen molar-refractivity contribution in [2.75, 3.05) is 5.32 Å². The van der Waals surface area contributed by atoms with Gasteiger partial charge in [0.25, 0.3) is 0 Å². The summed E-state index contributed by atoms with van der Waals surface area (Å²) in [5.41, 5.74) is 4.83. The Morgan fingerprint density at radius 1 is 1.11 bits per heavy atom. The van der Waals surface area contributed by atoms with Crippen molar-refractivity contribution in [3.63, 3.8) is 0 Å². The Balaban J connectivity index is 1.91. The van der Waals surface area contributed by atoms with Gasteiger partial charge in [-0.1, -0.05) is 30.3 Å². The van der Waals surface area contributed by atoms with Crippen molar-refractivity contribution < 1.29 is 0 Å². The van der Waals surface area contributed by atoms with Crippen LogP contribution in [-0.4, -0.2) is 9.97 Å². The Bertz CT molecular complexity index is 699. The third kappa shape index (κ3) is 2.19. The van der Waals surface area contributed by atoms with E-state index in [1.807, 2.05) is 24.4 Å². The molecular formula is C16H17N3. The first kappa shape index (κ1) is 11.8. The summed E-state index contributed by atoms with van der Waals surface area (Å²) in [6, 6.07) is 12.4. The molecule has 0 aliphatic heterocycles. The minimum atomic E-state index is 0.782. The molecule has 96 valence electrons. The number of nitrogens with zero attached hydrogens (tertiary/aromatic N) is 1. The fourth-order valence-electron chi connectivity index (χ4n) is 2.30. The van der Waals surface area contributed by atoms with E-state index in [4.69, 9.17) is 0 Å². The highest BCUT2D eigenvalue weighted by atomic mass is 15.0. The summed E-state index contributed by atoms with van der Waals surface area (Å²) in [5.74, 6) is 0.914. The smallest absolute Gasteiger partial charge is 0.150 e. The van der Waals surface area contributed by atoms with Crippen LogP contribution < -0.4 is 5.32 Å². The molecule has 0 spiro atoms. The summed E-state index contributed by atoms with van der Waals surface area (Å²) in [6.07, 6.45) is 1.86. The monoisotopic (exact) mass is 251 g/mol. The zero-order valence-corrected chi connectivity index (χ0v) is 11.2. The molecule has 2 heterocycles. The van der Waals surface area contributed by atoms with Crippen LogP contribution in [0.4, 0.5) is 5.82 Å². The molecule has 3 heteroatoms. The second kappa shape index (κ2) is 4.76. The molecule has 0 bridgehead atoms. The van der Waals surface area contributed by atoms with E-state index < -0.39 is 0 Å². The minimum Gasteiger partial charge on any atom is -0.364 e. The van der Waals surface area contributed by atoms with Crippen LogP contribution in [0.5, 0.6) is 0 Å². The molecular weight excluding hydrogens is 234 g/mol. The molecule has 0 aliphatic carbocycles. The number of pyridine rings is 1. The van der Waals surface area contributed by atoms with Crippen LogP contribution >= 0.6 is 0 Å². The molecule has 2 aromatic heterocycles. The van der Waals surface area contributed by atoms with E-state index >= 15 is 0 Å². The lowest BCUT2D eigenvalue weighted by Crippen LogP contribution is -2.01. The Morgan fingerprint density at radius 2 is 1.89 bits per heavy atom. The van der Waals surface area contributed by atoms with Gasteiger partial charge in [0.05, 0.1) is 5.52 Å². The van der Waals surface area contributed by atoms with E-state index in [1.165, 1.54) is 22.2 Å². The molecule has 3 rings (SSSR count). The molecule has 0 amide bonds. The number of anilines is 1. The molecule has 3 nitrogen and oxygen atoms in total. The molecule has 0 atom stereocenters. The van der Waals surface area contributed by atoms with Crippen LogP contribution in [0.3, 0.4) is 0 Å².